The third-order valence-corrected chi connectivity index (χ3v) is 3.06. The van der Waals surface area contributed by atoms with Gasteiger partial charge < -0.3 is 9.05 Å². The van der Waals surface area contributed by atoms with Gasteiger partial charge in [-0.3, -0.25) is 0 Å². The highest BCUT2D eigenvalue weighted by Crippen LogP contribution is 2.36. The van der Waals surface area contributed by atoms with Crippen molar-refractivity contribution in [1.82, 2.24) is 0 Å². The summed E-state index contributed by atoms with van der Waals surface area (Å²) in [6, 6.07) is 0. The first-order valence-electron chi connectivity index (χ1n) is 3.13. The molecular formula is C5H12O3PS+. The van der Waals surface area contributed by atoms with Gasteiger partial charge in [0, 0.05) is 4.21 Å². The Kier molecular flexibility index (Phi) is 7.75. The minimum absolute atomic E-state index is 0.428. The highest BCUT2D eigenvalue weighted by atomic mass is 32.2. The summed E-state index contributed by atoms with van der Waals surface area (Å²) < 4.78 is 20.4. The van der Waals surface area contributed by atoms with Crippen LogP contribution in [0.1, 0.15) is 13.8 Å². The predicted molar refractivity (Wildman–Crippen MR) is 43.1 cm³/mol. The normalized spacial score (nSPS) is 10.3. The van der Waals surface area contributed by atoms with Crippen LogP contribution in [0.15, 0.2) is 0 Å². The molecule has 0 aromatic carbocycles. The van der Waals surface area contributed by atoms with Gasteiger partial charge in [-0.05, 0) is 13.8 Å². The Hall–Kier alpha value is 0.370. The van der Waals surface area contributed by atoms with Crippen LogP contribution in [0.4, 0.5) is 0 Å². The van der Waals surface area contributed by atoms with Crippen LogP contribution in [0.25, 0.3) is 0 Å². The molecule has 0 saturated carbocycles. The molecule has 0 bridgehead atoms. The lowest BCUT2D eigenvalue weighted by molar-refractivity contribution is 0.272. The highest BCUT2D eigenvalue weighted by molar-refractivity contribution is 7.76. The van der Waals surface area contributed by atoms with Gasteiger partial charge >= 0.3 is 11.7 Å². The minimum Gasteiger partial charge on any atom is -0.331 e. The molecule has 0 atom stereocenters. The topological polar surface area (TPSA) is 35.5 Å². The molecule has 0 aliphatic rings. The van der Waals surface area contributed by atoms with E-state index in [-0.39, 0.29) is 0 Å². The predicted octanol–water partition coefficient (Wildman–Crippen LogP) is 1.76. The van der Waals surface area contributed by atoms with E-state index in [1.165, 1.54) is 0 Å². The van der Waals surface area contributed by atoms with Crippen LogP contribution >= 0.6 is 8.38 Å². The van der Waals surface area contributed by atoms with Crippen molar-refractivity contribution in [2.75, 3.05) is 18.7 Å². The van der Waals surface area contributed by atoms with Crippen molar-refractivity contribution in [1.29, 1.82) is 0 Å². The van der Waals surface area contributed by atoms with Gasteiger partial charge in [0.05, 0.1) is 13.2 Å². The Balaban J connectivity index is 3.38. The van der Waals surface area contributed by atoms with Crippen LogP contribution in [0.2, 0.25) is 0 Å². The zero-order valence-corrected chi connectivity index (χ0v) is 7.91. The highest BCUT2D eigenvalue weighted by Gasteiger charge is 2.16. The summed E-state index contributed by atoms with van der Waals surface area (Å²) in [6.07, 6.45) is 0. The van der Waals surface area contributed by atoms with Gasteiger partial charge in [-0.25, -0.2) is 0 Å². The van der Waals surface area contributed by atoms with Gasteiger partial charge in [0.25, 0.3) is 5.49 Å². The van der Waals surface area contributed by atoms with Crippen molar-refractivity contribution < 1.29 is 13.3 Å². The number of hydrogen-bond acceptors (Lipinski definition) is 3. The molecule has 0 radical (unpaired) electrons. The van der Waals surface area contributed by atoms with Gasteiger partial charge in [-0.2, -0.15) is 0 Å². The fourth-order valence-corrected chi connectivity index (χ4v) is 2.03. The Bertz CT molecular complexity index is 85.0. The first kappa shape index (κ1) is 10.4. The Morgan fingerprint density at radius 2 is 1.80 bits per heavy atom. The van der Waals surface area contributed by atoms with Gasteiger partial charge in [-0.1, -0.05) is 0 Å². The molecule has 0 heterocycles. The molecule has 0 fully saturated rings. The van der Waals surface area contributed by atoms with E-state index in [1.807, 2.05) is 13.8 Å². The molecule has 0 aliphatic heterocycles. The average Bonchev–Trinajstić information content (AvgIpc) is 1.90. The van der Waals surface area contributed by atoms with Crippen molar-refractivity contribution in [2.24, 2.45) is 0 Å². The molecular weight excluding hydrogens is 171 g/mol. The molecule has 3 nitrogen and oxygen atoms in total. The SMILES string of the molecule is CCOP(C[S+]=O)OCC. The van der Waals surface area contributed by atoms with E-state index >= 15 is 0 Å². The zero-order valence-electron chi connectivity index (χ0n) is 6.20. The van der Waals surface area contributed by atoms with Crippen LogP contribution in [0.3, 0.4) is 0 Å². The summed E-state index contributed by atoms with van der Waals surface area (Å²) in [7, 11) is -0.910. The van der Waals surface area contributed by atoms with E-state index in [0.717, 1.165) is 0 Å². The van der Waals surface area contributed by atoms with Crippen LogP contribution in [0.5, 0.6) is 0 Å². The number of hydrogen-bond donors (Lipinski definition) is 0. The summed E-state index contributed by atoms with van der Waals surface area (Å²) in [4.78, 5) is 0. The van der Waals surface area contributed by atoms with E-state index in [0.29, 0.717) is 30.4 Å². The van der Waals surface area contributed by atoms with Gasteiger partial charge in [0.2, 0.25) is 8.38 Å². The Morgan fingerprint density at radius 1 is 1.30 bits per heavy atom. The van der Waals surface area contributed by atoms with E-state index in [2.05, 4.69) is 0 Å². The fraction of sp³-hybridized carbons (Fsp3) is 1.00. The van der Waals surface area contributed by atoms with Crippen molar-refractivity contribution in [3.63, 3.8) is 0 Å². The second-order valence-corrected chi connectivity index (χ2v) is 3.87. The quantitative estimate of drug-likeness (QED) is 0.465. The summed E-state index contributed by atoms with van der Waals surface area (Å²) in [6.45, 7) is 5.02. The molecule has 0 saturated heterocycles. The second kappa shape index (κ2) is 7.48. The molecule has 0 amide bonds. The largest absolute Gasteiger partial charge is 0.468 e. The maximum absolute atomic E-state index is 10.1. The Morgan fingerprint density at radius 3 is 2.10 bits per heavy atom. The summed E-state index contributed by atoms with van der Waals surface area (Å²) in [5.41, 5.74) is 0.428. The molecule has 0 aliphatic carbocycles. The summed E-state index contributed by atoms with van der Waals surface area (Å²) >= 11 is 0.518. The third kappa shape index (κ3) is 5.18. The van der Waals surface area contributed by atoms with Crippen LogP contribution < -0.4 is 0 Å². The first-order chi connectivity index (χ1) is 4.85. The van der Waals surface area contributed by atoms with Crippen molar-refractivity contribution in [3.05, 3.63) is 0 Å². The summed E-state index contributed by atoms with van der Waals surface area (Å²) in [5, 5.41) is 0. The molecule has 10 heavy (non-hydrogen) atoms. The van der Waals surface area contributed by atoms with Crippen LogP contribution in [0, 0.1) is 0 Å². The minimum atomic E-state index is -0.910. The van der Waals surface area contributed by atoms with Crippen molar-refractivity contribution >= 4 is 20.0 Å². The molecule has 0 aromatic heterocycles. The Labute approximate surface area is 66.5 Å². The third-order valence-electron chi connectivity index (χ3n) is 0.704. The lowest BCUT2D eigenvalue weighted by Gasteiger charge is -2.07. The molecule has 0 unspecified atom stereocenters. The molecule has 60 valence electrons. The monoisotopic (exact) mass is 183 g/mol. The first-order valence-corrected chi connectivity index (χ1v) is 5.40. The maximum Gasteiger partial charge on any atom is 0.468 e. The molecule has 0 spiro atoms. The summed E-state index contributed by atoms with van der Waals surface area (Å²) in [5.74, 6) is 0. The van der Waals surface area contributed by atoms with Crippen molar-refractivity contribution in [2.45, 2.75) is 13.8 Å². The lowest BCUT2D eigenvalue weighted by Crippen LogP contribution is -1.93. The molecule has 5 heteroatoms. The molecule has 0 rings (SSSR count). The smallest absolute Gasteiger partial charge is 0.331 e. The lowest BCUT2D eigenvalue weighted by atomic mass is 10.9. The standard InChI is InChI=1S/C5H12O3PS/c1-3-7-9(5-10-6)8-4-2/h3-5H2,1-2H3/q+1. The van der Waals surface area contributed by atoms with Crippen molar-refractivity contribution in [3.8, 4) is 0 Å². The maximum atomic E-state index is 10.1. The van der Waals surface area contributed by atoms with E-state index in [9.17, 15) is 4.21 Å². The molecule has 0 aromatic rings. The van der Waals surface area contributed by atoms with E-state index in [4.69, 9.17) is 9.05 Å². The molecule has 0 N–H and O–H groups in total. The zero-order chi connectivity index (χ0) is 7.82. The average molecular weight is 183 g/mol. The van der Waals surface area contributed by atoms with Gasteiger partial charge in [0.1, 0.15) is 0 Å². The second-order valence-electron chi connectivity index (χ2n) is 1.42. The van der Waals surface area contributed by atoms with Crippen LogP contribution in [-0.2, 0) is 24.9 Å². The van der Waals surface area contributed by atoms with Gasteiger partial charge in [-0.15, -0.1) is 0 Å². The van der Waals surface area contributed by atoms with Crippen LogP contribution in [-0.4, -0.2) is 18.7 Å². The van der Waals surface area contributed by atoms with E-state index < -0.39 is 8.38 Å². The van der Waals surface area contributed by atoms with Gasteiger partial charge in [0.15, 0.2) is 0 Å². The number of rotatable bonds is 6. The van der Waals surface area contributed by atoms with E-state index in [1.54, 1.807) is 0 Å². The fourth-order valence-electron chi connectivity index (χ4n) is 0.443.